The smallest absolute Gasteiger partial charge is 0.327 e. The average molecular weight is 455 g/mol. The molecule has 2 aliphatic rings. The average Bonchev–Trinajstić information content (AvgIpc) is 3.29. The second kappa shape index (κ2) is 10.1. The number of hydrogen-bond donors (Lipinski definition) is 2. The zero-order chi connectivity index (χ0) is 22.7. The maximum atomic E-state index is 12.7. The topological polar surface area (TPSA) is 67.4 Å². The molecule has 0 saturated heterocycles. The summed E-state index contributed by atoms with van der Waals surface area (Å²) < 4.78 is 5.32. The Labute approximate surface area is 194 Å². The molecule has 4 unspecified atom stereocenters. The largest absolute Gasteiger partial charge is 0.465 e. The predicted molar refractivity (Wildman–Crippen MR) is 125 cm³/mol. The number of carbonyl (C=O) groups is 2. The van der Waals surface area contributed by atoms with Crippen LogP contribution < -0.4 is 10.6 Å². The molecule has 0 radical (unpaired) electrons. The first-order valence-electron chi connectivity index (χ1n) is 11.6. The molecule has 0 spiro atoms. The highest BCUT2D eigenvalue weighted by atomic mass is 35.5. The van der Waals surface area contributed by atoms with Gasteiger partial charge in [0.1, 0.15) is 6.04 Å². The maximum Gasteiger partial charge on any atom is 0.327 e. The fraction of sp³-hybridized carbons (Fsp3) is 0.462. The fourth-order valence-corrected chi connectivity index (χ4v) is 5.48. The molecule has 2 aliphatic carbocycles. The van der Waals surface area contributed by atoms with Crippen LogP contribution in [0.1, 0.15) is 55.1 Å². The van der Waals surface area contributed by atoms with Gasteiger partial charge in [0.2, 0.25) is 0 Å². The van der Waals surface area contributed by atoms with Crippen molar-refractivity contribution in [2.45, 2.75) is 51.2 Å². The summed E-state index contributed by atoms with van der Waals surface area (Å²) in [5, 5.41) is 7.41. The number of halogens is 1. The van der Waals surface area contributed by atoms with Crippen LogP contribution in [0, 0.1) is 17.8 Å². The molecule has 2 aromatic carbocycles. The van der Waals surface area contributed by atoms with Crippen molar-refractivity contribution < 1.29 is 14.3 Å². The van der Waals surface area contributed by atoms with Crippen LogP contribution in [0.15, 0.2) is 54.6 Å². The first-order valence-corrected chi connectivity index (χ1v) is 11.9. The van der Waals surface area contributed by atoms with Crippen molar-refractivity contribution in [3.63, 3.8) is 0 Å². The van der Waals surface area contributed by atoms with Crippen molar-refractivity contribution in [2.75, 3.05) is 6.61 Å². The summed E-state index contributed by atoms with van der Waals surface area (Å²) in [4.78, 5) is 25.2. The van der Waals surface area contributed by atoms with Gasteiger partial charge >= 0.3 is 5.97 Å². The van der Waals surface area contributed by atoms with Gasteiger partial charge in [0.15, 0.2) is 0 Å². The Kier molecular flexibility index (Phi) is 7.17. The molecule has 5 nitrogen and oxygen atoms in total. The Bertz CT molecular complexity index is 922. The summed E-state index contributed by atoms with van der Waals surface area (Å²) in [6.07, 6.45) is 2.95. The van der Waals surface area contributed by atoms with Gasteiger partial charge in [0, 0.05) is 22.7 Å². The molecular formula is C26H31ClN2O3. The molecule has 2 aromatic rings. The van der Waals surface area contributed by atoms with E-state index in [0.29, 0.717) is 34.9 Å². The van der Waals surface area contributed by atoms with E-state index in [1.807, 2.05) is 37.3 Å². The zero-order valence-electron chi connectivity index (χ0n) is 18.6. The van der Waals surface area contributed by atoms with Gasteiger partial charge in [-0.1, -0.05) is 48.9 Å². The molecule has 1 amide bonds. The maximum absolute atomic E-state index is 12.7. The van der Waals surface area contributed by atoms with Crippen LogP contribution in [0.3, 0.4) is 0 Å². The Morgan fingerprint density at radius 3 is 2.28 bits per heavy atom. The molecule has 6 atom stereocenters. The van der Waals surface area contributed by atoms with E-state index in [4.69, 9.17) is 16.3 Å². The number of benzene rings is 2. The summed E-state index contributed by atoms with van der Waals surface area (Å²) in [7, 11) is 0. The number of hydrogen-bond acceptors (Lipinski definition) is 4. The van der Waals surface area contributed by atoms with Crippen LogP contribution in [-0.2, 0) is 9.53 Å². The summed E-state index contributed by atoms with van der Waals surface area (Å²) in [6.45, 7) is 4.33. The molecule has 0 aliphatic heterocycles. The molecular weight excluding hydrogens is 424 g/mol. The number of ether oxygens (including phenoxy) is 1. The van der Waals surface area contributed by atoms with E-state index >= 15 is 0 Å². The van der Waals surface area contributed by atoms with Crippen molar-refractivity contribution in [3.8, 4) is 0 Å². The lowest BCUT2D eigenvalue weighted by Gasteiger charge is -2.25. The van der Waals surface area contributed by atoms with Crippen LogP contribution in [0.5, 0.6) is 0 Å². The molecule has 6 heteroatoms. The van der Waals surface area contributed by atoms with Gasteiger partial charge < -0.3 is 10.1 Å². The van der Waals surface area contributed by atoms with Gasteiger partial charge in [0.25, 0.3) is 5.91 Å². The lowest BCUT2D eigenvalue weighted by molar-refractivity contribution is -0.146. The molecule has 2 fully saturated rings. The third-order valence-electron chi connectivity index (χ3n) is 6.90. The third kappa shape index (κ3) is 5.00. The van der Waals surface area contributed by atoms with Gasteiger partial charge in [-0.3, -0.25) is 10.1 Å². The molecule has 170 valence electrons. The Balaban J connectivity index is 1.34. The second-order valence-corrected chi connectivity index (χ2v) is 9.27. The fourth-order valence-electron chi connectivity index (χ4n) is 5.36. The van der Waals surface area contributed by atoms with Crippen LogP contribution in [0.2, 0.25) is 5.02 Å². The van der Waals surface area contributed by atoms with Crippen LogP contribution in [-0.4, -0.2) is 30.6 Å². The van der Waals surface area contributed by atoms with E-state index < -0.39 is 6.04 Å². The van der Waals surface area contributed by atoms with Crippen LogP contribution in [0.25, 0.3) is 0 Å². The predicted octanol–water partition coefficient (Wildman–Crippen LogP) is 4.77. The SMILES string of the molecule is CCOC(=O)C(NC1C[C@@H]2C(C(CC)NC(=O)c3ccc(Cl)cc3)[C@@H]2C1)c1ccccc1. The van der Waals surface area contributed by atoms with Crippen LogP contribution in [0.4, 0.5) is 0 Å². The summed E-state index contributed by atoms with van der Waals surface area (Å²) >= 11 is 5.93. The Morgan fingerprint density at radius 1 is 1.03 bits per heavy atom. The highest BCUT2D eigenvalue weighted by Crippen LogP contribution is 2.59. The highest BCUT2D eigenvalue weighted by Gasteiger charge is 2.58. The number of fused-ring (bicyclic) bond motifs is 1. The summed E-state index contributed by atoms with van der Waals surface area (Å²) in [6, 6.07) is 16.8. The highest BCUT2D eigenvalue weighted by molar-refractivity contribution is 6.30. The van der Waals surface area contributed by atoms with Crippen molar-refractivity contribution >= 4 is 23.5 Å². The van der Waals surface area contributed by atoms with Crippen molar-refractivity contribution in [1.29, 1.82) is 0 Å². The monoisotopic (exact) mass is 454 g/mol. The molecule has 4 rings (SSSR count). The van der Waals surface area contributed by atoms with Gasteiger partial charge in [-0.25, -0.2) is 4.79 Å². The van der Waals surface area contributed by atoms with Crippen molar-refractivity contribution in [2.24, 2.45) is 17.8 Å². The quantitative estimate of drug-likeness (QED) is 0.536. The van der Waals surface area contributed by atoms with E-state index in [1.54, 1.807) is 24.3 Å². The minimum absolute atomic E-state index is 0.0420. The van der Waals surface area contributed by atoms with E-state index in [0.717, 1.165) is 24.8 Å². The standard InChI is InChI=1S/C26H31ClN2O3/c1-3-22(29-25(30)17-10-12-18(27)13-11-17)23-20-14-19(15-21(20)23)28-24(26(31)32-4-2)16-8-6-5-7-9-16/h5-13,19-24,28H,3-4,14-15H2,1-2H3,(H,29,30)/t19?,20-,21+,22?,23?,24?. The number of nitrogens with one attached hydrogen (secondary N) is 2. The first kappa shape index (κ1) is 22.8. The minimum atomic E-state index is -0.441. The second-order valence-electron chi connectivity index (χ2n) is 8.83. The molecule has 0 aromatic heterocycles. The first-order chi connectivity index (χ1) is 15.5. The summed E-state index contributed by atoms with van der Waals surface area (Å²) in [5.74, 6) is 1.41. The van der Waals surface area contributed by atoms with E-state index in [9.17, 15) is 9.59 Å². The third-order valence-corrected chi connectivity index (χ3v) is 7.15. The lowest BCUT2D eigenvalue weighted by atomic mass is 9.97. The van der Waals surface area contributed by atoms with E-state index in [-0.39, 0.29) is 24.0 Å². The molecule has 2 saturated carbocycles. The van der Waals surface area contributed by atoms with Crippen molar-refractivity contribution in [3.05, 3.63) is 70.7 Å². The number of rotatable bonds is 9. The van der Waals surface area contributed by atoms with E-state index in [2.05, 4.69) is 17.6 Å². The summed E-state index contributed by atoms with van der Waals surface area (Å²) in [5.41, 5.74) is 1.57. The number of amides is 1. The van der Waals surface area contributed by atoms with Crippen molar-refractivity contribution in [1.82, 2.24) is 10.6 Å². The Morgan fingerprint density at radius 2 is 1.69 bits per heavy atom. The van der Waals surface area contributed by atoms with Crippen LogP contribution >= 0.6 is 11.6 Å². The minimum Gasteiger partial charge on any atom is -0.465 e. The molecule has 2 N–H and O–H groups in total. The van der Waals surface area contributed by atoms with Gasteiger partial charge in [-0.15, -0.1) is 0 Å². The molecule has 0 heterocycles. The number of carbonyl (C=O) groups excluding carboxylic acids is 2. The number of esters is 1. The Hall–Kier alpha value is -2.37. The normalized spacial score (nSPS) is 25.5. The van der Waals surface area contributed by atoms with E-state index in [1.165, 1.54) is 0 Å². The van der Waals surface area contributed by atoms with Gasteiger partial charge in [0.05, 0.1) is 6.61 Å². The zero-order valence-corrected chi connectivity index (χ0v) is 19.3. The molecule has 32 heavy (non-hydrogen) atoms. The van der Waals surface area contributed by atoms with Gasteiger partial charge in [-0.05, 0) is 73.8 Å². The lowest BCUT2D eigenvalue weighted by Crippen LogP contribution is -2.40. The van der Waals surface area contributed by atoms with Gasteiger partial charge in [-0.2, -0.15) is 0 Å². The molecule has 0 bridgehead atoms.